The Hall–Kier alpha value is -2.17. The average molecular weight is 336 g/mol. The zero-order valence-electron chi connectivity index (χ0n) is 14.4. The van der Waals surface area contributed by atoms with E-state index in [9.17, 15) is 4.79 Å². The number of nitrogens with zero attached hydrogens (tertiary/aromatic N) is 3. The van der Waals surface area contributed by atoms with Crippen LogP contribution in [0.4, 0.5) is 11.6 Å². The van der Waals surface area contributed by atoms with E-state index in [0.717, 1.165) is 42.3 Å². The maximum absolute atomic E-state index is 12.9. The summed E-state index contributed by atoms with van der Waals surface area (Å²) in [4.78, 5) is 24.8. The lowest BCUT2D eigenvalue weighted by Gasteiger charge is -2.23. The monoisotopic (exact) mass is 336 g/mol. The second kappa shape index (κ2) is 5.97. The highest BCUT2D eigenvalue weighted by molar-refractivity contribution is 5.96. The second-order valence-electron chi connectivity index (χ2n) is 7.85. The molecule has 1 saturated heterocycles. The molecule has 3 fully saturated rings. The van der Waals surface area contributed by atoms with Gasteiger partial charge >= 0.3 is 0 Å². The normalized spacial score (nSPS) is 28.0. The van der Waals surface area contributed by atoms with E-state index in [4.69, 9.17) is 9.97 Å². The lowest BCUT2D eigenvalue weighted by molar-refractivity contribution is -0.121. The molecule has 0 radical (unpaired) electrons. The summed E-state index contributed by atoms with van der Waals surface area (Å²) >= 11 is 0. The van der Waals surface area contributed by atoms with E-state index in [2.05, 4.69) is 10.2 Å². The number of hydrogen-bond acceptors (Lipinski definition) is 4. The molecule has 1 N–H and O–H groups in total. The number of aromatic nitrogens is 2. The van der Waals surface area contributed by atoms with Gasteiger partial charge in [0, 0.05) is 19.0 Å². The van der Waals surface area contributed by atoms with Crippen LogP contribution in [0.25, 0.3) is 11.0 Å². The number of nitrogens with one attached hydrogen (secondary N) is 1. The van der Waals surface area contributed by atoms with Crippen molar-refractivity contribution in [3.05, 3.63) is 24.3 Å². The van der Waals surface area contributed by atoms with Crippen molar-refractivity contribution in [2.24, 2.45) is 17.8 Å². The van der Waals surface area contributed by atoms with Gasteiger partial charge in [0.15, 0.2) is 11.6 Å². The Bertz CT molecular complexity index is 814. The van der Waals surface area contributed by atoms with Gasteiger partial charge in [-0.2, -0.15) is 0 Å². The molecule has 1 aromatic carbocycles. The molecule has 1 amide bonds. The molecule has 2 bridgehead atoms. The topological polar surface area (TPSA) is 58.1 Å². The number of rotatable bonds is 3. The summed E-state index contributed by atoms with van der Waals surface area (Å²) in [6, 6.07) is 7.90. The summed E-state index contributed by atoms with van der Waals surface area (Å²) < 4.78 is 0. The first kappa shape index (κ1) is 15.1. The molecule has 1 aromatic heterocycles. The maximum atomic E-state index is 12.9. The number of benzene rings is 1. The van der Waals surface area contributed by atoms with Gasteiger partial charge in [0.05, 0.1) is 11.0 Å². The number of amides is 1. The molecular formula is C20H24N4O. The Morgan fingerprint density at radius 1 is 1.04 bits per heavy atom. The molecule has 3 atom stereocenters. The molecule has 2 heterocycles. The molecule has 1 aliphatic heterocycles. The average Bonchev–Trinajstić information content (AvgIpc) is 3.38. The molecule has 3 aliphatic rings. The highest BCUT2D eigenvalue weighted by Gasteiger charge is 2.43. The van der Waals surface area contributed by atoms with Crippen LogP contribution in [-0.4, -0.2) is 29.0 Å². The SMILES string of the molecule is O=C(Nc1nc2ccccc2nc1N1CCCC1)C1CC2CCC1C2. The molecule has 5 rings (SSSR count). The smallest absolute Gasteiger partial charge is 0.229 e. The lowest BCUT2D eigenvalue weighted by Crippen LogP contribution is -2.29. The predicted molar refractivity (Wildman–Crippen MR) is 98.6 cm³/mol. The van der Waals surface area contributed by atoms with Gasteiger partial charge in [-0.25, -0.2) is 9.97 Å². The molecule has 5 heteroatoms. The van der Waals surface area contributed by atoms with Gasteiger partial charge in [-0.3, -0.25) is 4.79 Å². The third kappa shape index (κ3) is 2.66. The third-order valence-electron chi connectivity index (χ3n) is 6.27. The fourth-order valence-corrected chi connectivity index (χ4v) is 5.00. The molecular weight excluding hydrogens is 312 g/mol. The van der Waals surface area contributed by atoms with Crippen molar-refractivity contribution in [1.29, 1.82) is 0 Å². The highest BCUT2D eigenvalue weighted by Crippen LogP contribution is 2.48. The van der Waals surface area contributed by atoms with E-state index >= 15 is 0 Å². The second-order valence-corrected chi connectivity index (χ2v) is 7.85. The van der Waals surface area contributed by atoms with Crippen molar-refractivity contribution in [3.63, 3.8) is 0 Å². The molecule has 2 aromatic rings. The van der Waals surface area contributed by atoms with Crippen LogP contribution in [-0.2, 0) is 4.79 Å². The predicted octanol–water partition coefficient (Wildman–Crippen LogP) is 3.60. The minimum absolute atomic E-state index is 0.150. The Kier molecular flexibility index (Phi) is 3.61. The van der Waals surface area contributed by atoms with Crippen LogP contribution in [0.1, 0.15) is 38.5 Å². The Morgan fingerprint density at radius 3 is 2.48 bits per heavy atom. The standard InChI is InChI=1S/C20H24N4O/c25-20(15-12-13-7-8-14(15)11-13)23-18-19(24-9-3-4-10-24)22-17-6-2-1-5-16(17)21-18/h1-2,5-6,13-15H,3-4,7-12H2,(H,21,23,25). The zero-order chi connectivity index (χ0) is 16.8. The summed E-state index contributed by atoms with van der Waals surface area (Å²) in [6.45, 7) is 1.98. The van der Waals surface area contributed by atoms with Gasteiger partial charge < -0.3 is 10.2 Å². The number of carbonyl (C=O) groups excluding carboxylic acids is 1. The van der Waals surface area contributed by atoms with E-state index in [1.807, 2.05) is 24.3 Å². The van der Waals surface area contributed by atoms with Gasteiger partial charge in [-0.05, 0) is 56.1 Å². The van der Waals surface area contributed by atoms with Crippen LogP contribution in [0, 0.1) is 17.8 Å². The van der Waals surface area contributed by atoms with Gasteiger partial charge in [0.2, 0.25) is 5.91 Å². The van der Waals surface area contributed by atoms with Gasteiger partial charge in [0.1, 0.15) is 0 Å². The number of hydrogen-bond donors (Lipinski definition) is 1. The first-order valence-electron chi connectivity index (χ1n) is 9.60. The summed E-state index contributed by atoms with van der Waals surface area (Å²) in [5, 5.41) is 3.15. The van der Waals surface area contributed by atoms with Crippen molar-refractivity contribution < 1.29 is 4.79 Å². The van der Waals surface area contributed by atoms with Crippen LogP contribution < -0.4 is 10.2 Å². The van der Waals surface area contributed by atoms with Crippen LogP contribution >= 0.6 is 0 Å². The Labute approximate surface area is 147 Å². The summed E-state index contributed by atoms with van der Waals surface area (Å²) in [5.74, 6) is 3.15. The van der Waals surface area contributed by atoms with E-state index in [1.54, 1.807) is 0 Å². The van der Waals surface area contributed by atoms with Crippen molar-refractivity contribution >= 4 is 28.6 Å². The van der Waals surface area contributed by atoms with Crippen LogP contribution in [0.2, 0.25) is 0 Å². The van der Waals surface area contributed by atoms with E-state index in [1.165, 1.54) is 32.1 Å². The molecule has 3 unspecified atom stereocenters. The molecule has 5 nitrogen and oxygen atoms in total. The maximum Gasteiger partial charge on any atom is 0.229 e. The Morgan fingerprint density at radius 2 is 1.80 bits per heavy atom. The van der Waals surface area contributed by atoms with Crippen molar-refractivity contribution in [1.82, 2.24) is 9.97 Å². The van der Waals surface area contributed by atoms with E-state index in [0.29, 0.717) is 11.7 Å². The van der Waals surface area contributed by atoms with Crippen molar-refractivity contribution in [2.75, 3.05) is 23.3 Å². The van der Waals surface area contributed by atoms with Gasteiger partial charge in [-0.15, -0.1) is 0 Å². The Balaban J connectivity index is 1.48. The van der Waals surface area contributed by atoms with Crippen molar-refractivity contribution in [3.8, 4) is 0 Å². The molecule has 25 heavy (non-hydrogen) atoms. The minimum Gasteiger partial charge on any atom is -0.354 e. The first-order valence-corrected chi connectivity index (χ1v) is 9.60. The fourth-order valence-electron chi connectivity index (χ4n) is 5.00. The summed E-state index contributed by atoms with van der Waals surface area (Å²) in [6.07, 6.45) is 7.16. The van der Waals surface area contributed by atoms with Crippen LogP contribution in [0.5, 0.6) is 0 Å². The summed E-state index contributed by atoms with van der Waals surface area (Å²) in [5.41, 5.74) is 1.73. The van der Waals surface area contributed by atoms with Crippen LogP contribution in [0.15, 0.2) is 24.3 Å². The van der Waals surface area contributed by atoms with Crippen LogP contribution in [0.3, 0.4) is 0 Å². The highest BCUT2D eigenvalue weighted by atomic mass is 16.2. The largest absolute Gasteiger partial charge is 0.354 e. The van der Waals surface area contributed by atoms with E-state index in [-0.39, 0.29) is 11.8 Å². The molecule has 0 spiro atoms. The molecule has 130 valence electrons. The molecule has 2 saturated carbocycles. The number of carbonyl (C=O) groups is 1. The number of anilines is 2. The quantitative estimate of drug-likeness (QED) is 0.930. The first-order chi connectivity index (χ1) is 12.3. The van der Waals surface area contributed by atoms with E-state index < -0.39 is 0 Å². The summed E-state index contributed by atoms with van der Waals surface area (Å²) in [7, 11) is 0. The fraction of sp³-hybridized carbons (Fsp3) is 0.550. The zero-order valence-corrected chi connectivity index (χ0v) is 14.4. The lowest BCUT2D eigenvalue weighted by atomic mass is 9.88. The van der Waals surface area contributed by atoms with Crippen molar-refractivity contribution in [2.45, 2.75) is 38.5 Å². The minimum atomic E-state index is 0.150. The number of para-hydroxylation sites is 2. The van der Waals surface area contributed by atoms with Gasteiger partial charge in [0.25, 0.3) is 0 Å². The number of fused-ring (bicyclic) bond motifs is 3. The third-order valence-corrected chi connectivity index (χ3v) is 6.27. The molecule has 2 aliphatic carbocycles. The van der Waals surface area contributed by atoms with Gasteiger partial charge in [-0.1, -0.05) is 18.6 Å².